The maximum atomic E-state index is 5.82. The number of ether oxygens (including phenoxy) is 1. The molecule has 0 aliphatic heterocycles. The predicted molar refractivity (Wildman–Crippen MR) is 62.9 cm³/mol. The van der Waals surface area contributed by atoms with Crippen LogP contribution in [0, 0.1) is 0 Å². The molecule has 3 nitrogen and oxygen atoms in total. The lowest BCUT2D eigenvalue weighted by Crippen LogP contribution is -2.40. The van der Waals surface area contributed by atoms with Crippen LogP contribution in [0.4, 0.5) is 0 Å². The average Bonchev–Trinajstić information content (AvgIpc) is 2.18. The molecular weight excluding hydrogens is 212 g/mol. The summed E-state index contributed by atoms with van der Waals surface area (Å²) in [7, 11) is 0. The van der Waals surface area contributed by atoms with E-state index in [9.17, 15) is 0 Å². The third-order valence-corrected chi connectivity index (χ3v) is 2.24. The lowest BCUT2D eigenvalue weighted by Gasteiger charge is -2.16. The Bertz CT molecular complexity index is 341. The van der Waals surface area contributed by atoms with Gasteiger partial charge in [-0.15, -0.1) is 0 Å². The first-order valence-electron chi connectivity index (χ1n) is 4.63. The highest BCUT2D eigenvalue weighted by atomic mass is 35.5. The number of nitrogens with two attached hydrogens (primary N) is 1. The van der Waals surface area contributed by atoms with Crippen LogP contribution in [0.1, 0.15) is 6.92 Å². The molecule has 0 saturated heterocycles. The zero-order valence-electron chi connectivity index (χ0n) is 8.66. The number of halogens is 1. The fourth-order valence-corrected chi connectivity index (χ4v) is 1.25. The van der Waals surface area contributed by atoms with Crippen LogP contribution in [-0.2, 0) is 0 Å². The summed E-state index contributed by atoms with van der Waals surface area (Å²) in [5.74, 6) is 6.08. The van der Waals surface area contributed by atoms with Crippen LogP contribution in [0.5, 0.6) is 5.75 Å². The van der Waals surface area contributed by atoms with Crippen molar-refractivity contribution in [2.75, 3.05) is 6.61 Å². The standard InChI is InChI=1S/C11H15ClN2O/c1-8(2)11(14-13)7-15-10-5-3-4-9(12)6-10/h3-6,11,14H,1,7,13H2,2H3. The highest BCUT2D eigenvalue weighted by molar-refractivity contribution is 6.30. The largest absolute Gasteiger partial charge is 0.492 e. The van der Waals surface area contributed by atoms with Crippen molar-refractivity contribution < 1.29 is 4.74 Å². The van der Waals surface area contributed by atoms with Gasteiger partial charge >= 0.3 is 0 Å². The Kier molecular flexibility index (Phi) is 4.62. The Morgan fingerprint density at radius 1 is 1.67 bits per heavy atom. The third kappa shape index (κ3) is 3.91. The molecule has 0 radical (unpaired) electrons. The molecule has 1 aromatic rings. The predicted octanol–water partition coefficient (Wildman–Crippen LogP) is 2.13. The first-order chi connectivity index (χ1) is 7.13. The number of benzene rings is 1. The molecule has 3 N–H and O–H groups in total. The van der Waals surface area contributed by atoms with Gasteiger partial charge in [-0.2, -0.15) is 0 Å². The number of hydrazine groups is 1. The highest BCUT2D eigenvalue weighted by Crippen LogP contribution is 2.17. The second-order valence-electron chi connectivity index (χ2n) is 3.33. The Hall–Kier alpha value is -1.03. The molecule has 1 rings (SSSR count). The zero-order chi connectivity index (χ0) is 11.3. The van der Waals surface area contributed by atoms with Gasteiger partial charge < -0.3 is 4.74 Å². The van der Waals surface area contributed by atoms with Crippen molar-refractivity contribution in [1.82, 2.24) is 5.43 Å². The molecular formula is C11H15ClN2O. The number of hydrogen-bond acceptors (Lipinski definition) is 3. The minimum atomic E-state index is -0.0519. The molecule has 0 aliphatic carbocycles. The maximum Gasteiger partial charge on any atom is 0.120 e. The summed E-state index contributed by atoms with van der Waals surface area (Å²) in [6, 6.07) is 7.18. The molecule has 1 atom stereocenters. The lowest BCUT2D eigenvalue weighted by atomic mass is 10.2. The van der Waals surface area contributed by atoms with Crippen molar-refractivity contribution in [2.24, 2.45) is 5.84 Å². The molecule has 0 bridgehead atoms. The summed E-state index contributed by atoms with van der Waals surface area (Å²) in [4.78, 5) is 0. The van der Waals surface area contributed by atoms with E-state index >= 15 is 0 Å². The summed E-state index contributed by atoms with van der Waals surface area (Å²) >= 11 is 5.82. The molecule has 0 spiro atoms. The van der Waals surface area contributed by atoms with Crippen LogP contribution in [0.15, 0.2) is 36.4 Å². The van der Waals surface area contributed by atoms with Gasteiger partial charge in [-0.1, -0.05) is 29.8 Å². The monoisotopic (exact) mass is 226 g/mol. The Morgan fingerprint density at radius 2 is 2.40 bits per heavy atom. The SMILES string of the molecule is C=C(C)C(COc1cccc(Cl)c1)NN. The zero-order valence-corrected chi connectivity index (χ0v) is 9.42. The van der Waals surface area contributed by atoms with E-state index in [2.05, 4.69) is 12.0 Å². The fourth-order valence-electron chi connectivity index (χ4n) is 1.07. The van der Waals surface area contributed by atoms with Crippen LogP contribution in [-0.4, -0.2) is 12.6 Å². The van der Waals surface area contributed by atoms with Crippen LogP contribution >= 0.6 is 11.6 Å². The van der Waals surface area contributed by atoms with Crippen molar-refractivity contribution in [3.63, 3.8) is 0 Å². The van der Waals surface area contributed by atoms with Gasteiger partial charge in [0.25, 0.3) is 0 Å². The molecule has 1 aromatic carbocycles. The number of nitrogens with one attached hydrogen (secondary N) is 1. The van der Waals surface area contributed by atoms with E-state index in [0.29, 0.717) is 11.6 Å². The minimum Gasteiger partial charge on any atom is -0.492 e. The topological polar surface area (TPSA) is 47.3 Å². The van der Waals surface area contributed by atoms with Crippen molar-refractivity contribution in [3.05, 3.63) is 41.4 Å². The summed E-state index contributed by atoms with van der Waals surface area (Å²) in [5.41, 5.74) is 3.56. The van der Waals surface area contributed by atoms with E-state index in [1.165, 1.54) is 0 Å². The highest BCUT2D eigenvalue weighted by Gasteiger charge is 2.07. The third-order valence-electron chi connectivity index (χ3n) is 2.01. The molecule has 0 aromatic heterocycles. The lowest BCUT2D eigenvalue weighted by molar-refractivity contribution is 0.282. The van der Waals surface area contributed by atoms with Crippen LogP contribution < -0.4 is 16.0 Å². The summed E-state index contributed by atoms with van der Waals surface area (Å²) in [6.07, 6.45) is 0. The molecule has 0 fully saturated rings. The molecule has 4 heteroatoms. The van der Waals surface area contributed by atoms with E-state index < -0.39 is 0 Å². The van der Waals surface area contributed by atoms with Crippen molar-refractivity contribution >= 4 is 11.6 Å². The minimum absolute atomic E-state index is 0.0519. The molecule has 1 unspecified atom stereocenters. The normalized spacial score (nSPS) is 12.2. The quantitative estimate of drug-likeness (QED) is 0.459. The van der Waals surface area contributed by atoms with Gasteiger partial charge in [-0.05, 0) is 25.1 Å². The van der Waals surface area contributed by atoms with Crippen LogP contribution in [0.3, 0.4) is 0 Å². The Labute approximate surface area is 94.8 Å². The van der Waals surface area contributed by atoms with E-state index in [0.717, 1.165) is 11.3 Å². The molecule has 82 valence electrons. The molecule has 15 heavy (non-hydrogen) atoms. The van der Waals surface area contributed by atoms with E-state index in [1.807, 2.05) is 19.1 Å². The Balaban J connectivity index is 2.52. The van der Waals surface area contributed by atoms with Gasteiger partial charge in [0.1, 0.15) is 12.4 Å². The fraction of sp³-hybridized carbons (Fsp3) is 0.273. The average molecular weight is 227 g/mol. The first kappa shape index (κ1) is 12.0. The maximum absolute atomic E-state index is 5.82. The number of hydrogen-bond donors (Lipinski definition) is 2. The smallest absolute Gasteiger partial charge is 0.120 e. The molecule has 0 aliphatic rings. The van der Waals surface area contributed by atoms with Crippen molar-refractivity contribution in [2.45, 2.75) is 13.0 Å². The summed E-state index contributed by atoms with van der Waals surface area (Å²) in [5, 5.41) is 0.653. The van der Waals surface area contributed by atoms with Gasteiger partial charge in [-0.3, -0.25) is 5.84 Å². The van der Waals surface area contributed by atoms with Crippen LogP contribution in [0.2, 0.25) is 5.02 Å². The number of rotatable bonds is 5. The van der Waals surface area contributed by atoms with Crippen molar-refractivity contribution in [3.8, 4) is 5.75 Å². The van der Waals surface area contributed by atoms with Gasteiger partial charge in [0, 0.05) is 5.02 Å². The van der Waals surface area contributed by atoms with Gasteiger partial charge in [0.05, 0.1) is 6.04 Å². The van der Waals surface area contributed by atoms with Gasteiger partial charge in [-0.25, -0.2) is 5.43 Å². The van der Waals surface area contributed by atoms with Crippen molar-refractivity contribution in [1.29, 1.82) is 0 Å². The molecule has 0 amide bonds. The second kappa shape index (κ2) is 5.75. The summed E-state index contributed by atoms with van der Waals surface area (Å²) < 4.78 is 5.51. The van der Waals surface area contributed by atoms with E-state index in [4.69, 9.17) is 22.2 Å². The Morgan fingerprint density at radius 3 is 2.93 bits per heavy atom. The molecule has 0 heterocycles. The van der Waals surface area contributed by atoms with Crippen LogP contribution in [0.25, 0.3) is 0 Å². The van der Waals surface area contributed by atoms with Gasteiger partial charge in [0.15, 0.2) is 0 Å². The van der Waals surface area contributed by atoms with E-state index in [1.54, 1.807) is 12.1 Å². The van der Waals surface area contributed by atoms with Gasteiger partial charge in [0.2, 0.25) is 0 Å². The first-order valence-corrected chi connectivity index (χ1v) is 5.01. The summed E-state index contributed by atoms with van der Waals surface area (Å²) in [6.45, 7) is 6.14. The second-order valence-corrected chi connectivity index (χ2v) is 3.77. The van der Waals surface area contributed by atoms with E-state index in [-0.39, 0.29) is 6.04 Å². The molecule has 0 saturated carbocycles.